The smallest absolute Gasteiger partial charge is 0.239 e. The van der Waals surface area contributed by atoms with Gasteiger partial charge in [-0.05, 0) is 38.0 Å². The van der Waals surface area contributed by atoms with Crippen LogP contribution < -0.4 is 10.2 Å². The van der Waals surface area contributed by atoms with Gasteiger partial charge in [0.2, 0.25) is 11.8 Å². The number of benzene rings is 1. The van der Waals surface area contributed by atoms with Gasteiger partial charge < -0.3 is 10.2 Å². The van der Waals surface area contributed by atoms with Crippen molar-refractivity contribution in [1.82, 2.24) is 5.32 Å². The van der Waals surface area contributed by atoms with Gasteiger partial charge in [0.05, 0.1) is 10.7 Å². The molecule has 2 amide bonds. The topological polar surface area (TPSA) is 49.4 Å². The molecule has 1 aliphatic heterocycles. The summed E-state index contributed by atoms with van der Waals surface area (Å²) in [6, 6.07) is 5.05. The molecular formula is C15H18Cl2N2O2. The van der Waals surface area contributed by atoms with Gasteiger partial charge in [-0.1, -0.05) is 30.1 Å². The lowest BCUT2D eigenvalue weighted by Gasteiger charge is -2.19. The number of nitrogens with zero attached hydrogens (tertiary/aromatic N) is 1. The number of hydrogen-bond acceptors (Lipinski definition) is 2. The van der Waals surface area contributed by atoms with Crippen LogP contribution in [-0.4, -0.2) is 24.4 Å². The molecule has 4 nitrogen and oxygen atoms in total. The van der Waals surface area contributed by atoms with Crippen molar-refractivity contribution in [3.8, 4) is 0 Å². The van der Waals surface area contributed by atoms with Crippen LogP contribution in [0.3, 0.4) is 0 Å². The van der Waals surface area contributed by atoms with E-state index in [4.69, 9.17) is 23.2 Å². The van der Waals surface area contributed by atoms with Crippen molar-refractivity contribution in [1.29, 1.82) is 0 Å². The summed E-state index contributed by atoms with van der Waals surface area (Å²) in [7, 11) is 0. The van der Waals surface area contributed by atoms with Gasteiger partial charge in [-0.15, -0.1) is 0 Å². The molecule has 1 aromatic rings. The summed E-state index contributed by atoms with van der Waals surface area (Å²) in [5.74, 6) is -1.05. The van der Waals surface area contributed by atoms with Crippen LogP contribution in [0.25, 0.3) is 0 Å². The summed E-state index contributed by atoms with van der Waals surface area (Å²) in [5.41, 5.74) is 0.602. The number of carbonyl (C=O) groups is 2. The molecule has 2 atom stereocenters. The van der Waals surface area contributed by atoms with Gasteiger partial charge in [0.15, 0.2) is 0 Å². The number of hydrogen-bond donors (Lipinski definition) is 1. The molecule has 2 unspecified atom stereocenters. The molecule has 1 fully saturated rings. The Kier molecular flexibility index (Phi) is 5.12. The highest BCUT2D eigenvalue weighted by Gasteiger charge is 2.38. The summed E-state index contributed by atoms with van der Waals surface area (Å²) < 4.78 is 0. The van der Waals surface area contributed by atoms with Crippen LogP contribution in [0.15, 0.2) is 18.2 Å². The van der Waals surface area contributed by atoms with Gasteiger partial charge in [-0.3, -0.25) is 9.59 Å². The molecule has 0 aliphatic carbocycles. The summed E-state index contributed by atoms with van der Waals surface area (Å²) in [6.45, 7) is 4.39. The van der Waals surface area contributed by atoms with E-state index in [0.29, 0.717) is 28.7 Å². The molecule has 21 heavy (non-hydrogen) atoms. The van der Waals surface area contributed by atoms with E-state index in [9.17, 15) is 9.59 Å². The summed E-state index contributed by atoms with van der Waals surface area (Å²) >= 11 is 12.0. The minimum Gasteiger partial charge on any atom is -0.353 e. The maximum atomic E-state index is 12.4. The minimum absolute atomic E-state index is 0.0680. The lowest BCUT2D eigenvalue weighted by molar-refractivity contribution is -0.132. The van der Waals surface area contributed by atoms with Gasteiger partial charge in [-0.25, -0.2) is 0 Å². The second-order valence-electron chi connectivity index (χ2n) is 5.24. The predicted octanol–water partition coefficient (Wildman–Crippen LogP) is 3.26. The molecular weight excluding hydrogens is 311 g/mol. The monoisotopic (exact) mass is 328 g/mol. The fourth-order valence-electron chi connectivity index (χ4n) is 2.31. The first-order valence-corrected chi connectivity index (χ1v) is 7.76. The number of halogens is 2. The maximum Gasteiger partial charge on any atom is 0.239 e. The second-order valence-corrected chi connectivity index (χ2v) is 6.09. The Bertz CT molecular complexity index is 563. The van der Waals surface area contributed by atoms with Crippen molar-refractivity contribution in [3.63, 3.8) is 0 Å². The van der Waals surface area contributed by atoms with Crippen LogP contribution >= 0.6 is 23.2 Å². The minimum atomic E-state index is -0.634. The van der Waals surface area contributed by atoms with Crippen molar-refractivity contribution in [3.05, 3.63) is 28.2 Å². The molecule has 0 spiro atoms. The van der Waals surface area contributed by atoms with E-state index in [2.05, 4.69) is 5.32 Å². The van der Waals surface area contributed by atoms with E-state index >= 15 is 0 Å². The second kappa shape index (κ2) is 6.67. The highest BCUT2D eigenvalue weighted by atomic mass is 35.5. The zero-order chi connectivity index (χ0) is 15.6. The van der Waals surface area contributed by atoms with Gasteiger partial charge in [0, 0.05) is 17.6 Å². The first-order valence-electron chi connectivity index (χ1n) is 7.00. The summed E-state index contributed by atoms with van der Waals surface area (Å²) in [6.07, 6.45) is 1.33. The number of amides is 2. The summed E-state index contributed by atoms with van der Waals surface area (Å²) in [4.78, 5) is 26.1. The average molecular weight is 329 g/mol. The van der Waals surface area contributed by atoms with Gasteiger partial charge in [0.25, 0.3) is 0 Å². The fraction of sp³-hybridized carbons (Fsp3) is 0.467. The third-order valence-electron chi connectivity index (χ3n) is 3.72. The van der Waals surface area contributed by atoms with E-state index in [0.717, 1.165) is 6.42 Å². The Labute approximate surface area is 134 Å². The van der Waals surface area contributed by atoms with Gasteiger partial charge >= 0.3 is 0 Å². The molecule has 0 bridgehead atoms. The van der Waals surface area contributed by atoms with Crippen molar-refractivity contribution < 1.29 is 9.59 Å². The molecule has 2 rings (SSSR count). The molecule has 1 aromatic carbocycles. The lowest BCUT2D eigenvalue weighted by Crippen LogP contribution is -2.40. The average Bonchev–Trinajstić information content (AvgIpc) is 2.80. The lowest BCUT2D eigenvalue weighted by atomic mass is 10.1. The highest BCUT2D eigenvalue weighted by molar-refractivity contribution is 6.37. The van der Waals surface area contributed by atoms with Gasteiger partial charge in [-0.2, -0.15) is 0 Å². The predicted molar refractivity (Wildman–Crippen MR) is 84.8 cm³/mol. The van der Waals surface area contributed by atoms with Crippen molar-refractivity contribution in [2.75, 3.05) is 11.4 Å². The Balaban J connectivity index is 2.13. The van der Waals surface area contributed by atoms with Crippen LogP contribution in [-0.2, 0) is 9.59 Å². The largest absolute Gasteiger partial charge is 0.353 e. The van der Waals surface area contributed by atoms with Crippen LogP contribution in [0, 0.1) is 5.92 Å². The van der Waals surface area contributed by atoms with E-state index in [1.165, 1.54) is 0 Å². The zero-order valence-corrected chi connectivity index (χ0v) is 13.5. The molecule has 0 saturated carbocycles. The molecule has 114 valence electrons. The van der Waals surface area contributed by atoms with Crippen molar-refractivity contribution >= 4 is 40.7 Å². The number of nitrogens with one attached hydrogen (secondary N) is 1. The standard InChI is InChI=1S/C15H18Cl2N2O2/c1-3-9(2)18-14(20)11-6-7-19(15(11)21)13-5-4-10(16)8-12(13)17/h4-5,8-9,11H,3,6-7H2,1-2H3,(H,18,20). The SMILES string of the molecule is CCC(C)NC(=O)C1CCN(c2ccc(Cl)cc2Cl)C1=O. The van der Waals surface area contributed by atoms with E-state index in [1.54, 1.807) is 23.1 Å². The Morgan fingerprint density at radius 2 is 2.19 bits per heavy atom. The summed E-state index contributed by atoms with van der Waals surface area (Å²) in [5, 5.41) is 3.79. The third kappa shape index (κ3) is 3.50. The quantitative estimate of drug-likeness (QED) is 0.862. The molecule has 1 N–H and O–H groups in total. The van der Waals surface area contributed by atoms with Gasteiger partial charge in [0.1, 0.15) is 5.92 Å². The number of carbonyl (C=O) groups excluding carboxylic acids is 2. The Morgan fingerprint density at radius 3 is 2.81 bits per heavy atom. The normalized spacial score (nSPS) is 19.7. The Hall–Kier alpha value is -1.26. The molecule has 6 heteroatoms. The van der Waals surface area contributed by atoms with E-state index in [1.807, 2.05) is 13.8 Å². The molecule has 1 heterocycles. The maximum absolute atomic E-state index is 12.4. The van der Waals surface area contributed by atoms with Crippen LogP contribution in [0.4, 0.5) is 5.69 Å². The molecule has 1 saturated heterocycles. The first-order chi connectivity index (χ1) is 9.93. The molecule has 1 aliphatic rings. The van der Waals surface area contributed by atoms with Crippen LogP contribution in [0.5, 0.6) is 0 Å². The van der Waals surface area contributed by atoms with E-state index in [-0.39, 0.29) is 17.9 Å². The molecule has 0 radical (unpaired) electrons. The van der Waals surface area contributed by atoms with Crippen molar-refractivity contribution in [2.45, 2.75) is 32.7 Å². The first kappa shape index (κ1) is 16.1. The van der Waals surface area contributed by atoms with E-state index < -0.39 is 5.92 Å². The Morgan fingerprint density at radius 1 is 1.48 bits per heavy atom. The fourth-order valence-corrected chi connectivity index (χ4v) is 2.82. The number of rotatable bonds is 4. The zero-order valence-electron chi connectivity index (χ0n) is 12.0. The van der Waals surface area contributed by atoms with Crippen molar-refractivity contribution in [2.24, 2.45) is 5.92 Å². The highest BCUT2D eigenvalue weighted by Crippen LogP contribution is 2.33. The van der Waals surface area contributed by atoms with Crippen LogP contribution in [0.2, 0.25) is 10.0 Å². The number of anilines is 1. The third-order valence-corrected chi connectivity index (χ3v) is 4.26. The molecule has 0 aromatic heterocycles. The van der Waals surface area contributed by atoms with Crippen LogP contribution in [0.1, 0.15) is 26.7 Å².